The van der Waals surface area contributed by atoms with Crippen LogP contribution in [0, 0.1) is 0 Å². The van der Waals surface area contributed by atoms with Crippen molar-refractivity contribution in [3.8, 4) is 0 Å². The zero-order valence-corrected chi connectivity index (χ0v) is 17.6. The predicted molar refractivity (Wildman–Crippen MR) is 111 cm³/mol. The number of fused-ring (bicyclic) bond motifs is 1. The van der Waals surface area contributed by atoms with E-state index in [1.165, 1.54) is 4.90 Å². The van der Waals surface area contributed by atoms with Crippen LogP contribution in [0.4, 0.5) is 0 Å². The molecule has 0 bridgehead atoms. The summed E-state index contributed by atoms with van der Waals surface area (Å²) in [6.45, 7) is 4.07. The van der Waals surface area contributed by atoms with Crippen molar-refractivity contribution in [1.82, 2.24) is 14.7 Å². The molecule has 2 heterocycles. The molecular weight excluding hydrogens is 382 g/mol. The van der Waals surface area contributed by atoms with Crippen LogP contribution in [0.5, 0.6) is 0 Å². The van der Waals surface area contributed by atoms with Crippen molar-refractivity contribution in [1.29, 1.82) is 0 Å². The molecule has 4 rings (SSSR count). The van der Waals surface area contributed by atoms with Gasteiger partial charge in [-0.25, -0.2) is 0 Å². The average molecular weight is 412 g/mol. The molecule has 0 N–H and O–H groups in total. The summed E-state index contributed by atoms with van der Waals surface area (Å²) in [6.07, 6.45) is 6.13. The molecule has 0 atom stereocenters. The maximum Gasteiger partial charge on any atom is 0.261 e. The zero-order chi connectivity index (χ0) is 21.3. The van der Waals surface area contributed by atoms with Gasteiger partial charge in [-0.3, -0.25) is 24.1 Å². The zero-order valence-electron chi connectivity index (χ0n) is 17.6. The normalized spacial score (nSPS) is 20.4. The summed E-state index contributed by atoms with van der Waals surface area (Å²) in [6, 6.07) is 4.83. The topological polar surface area (TPSA) is 78.0 Å². The minimum absolute atomic E-state index is 0.0296. The highest BCUT2D eigenvalue weighted by Crippen LogP contribution is 2.31. The third-order valence-corrected chi connectivity index (χ3v) is 6.54. The van der Waals surface area contributed by atoms with E-state index in [1.54, 1.807) is 28.0 Å². The summed E-state index contributed by atoms with van der Waals surface area (Å²) in [4.78, 5) is 55.8. The SMILES string of the molecule is CCC(=O)N1CCCN(C(=O)c2ccc3c(c2)C(=O)N(C2CCCCC2)C3=O)CC1. The summed E-state index contributed by atoms with van der Waals surface area (Å²) >= 11 is 0. The smallest absolute Gasteiger partial charge is 0.261 e. The summed E-state index contributed by atoms with van der Waals surface area (Å²) in [5, 5.41) is 0. The Morgan fingerprint density at radius 1 is 0.867 bits per heavy atom. The molecule has 160 valence electrons. The molecule has 1 aromatic rings. The fourth-order valence-electron chi connectivity index (χ4n) is 4.84. The van der Waals surface area contributed by atoms with Crippen molar-refractivity contribution in [2.24, 2.45) is 0 Å². The molecule has 7 nitrogen and oxygen atoms in total. The quantitative estimate of drug-likeness (QED) is 0.717. The lowest BCUT2D eigenvalue weighted by atomic mass is 9.94. The van der Waals surface area contributed by atoms with E-state index in [4.69, 9.17) is 0 Å². The van der Waals surface area contributed by atoms with Gasteiger partial charge in [0.05, 0.1) is 11.1 Å². The molecule has 30 heavy (non-hydrogen) atoms. The van der Waals surface area contributed by atoms with Crippen LogP contribution in [-0.4, -0.2) is 70.5 Å². The third-order valence-electron chi connectivity index (χ3n) is 6.54. The van der Waals surface area contributed by atoms with Gasteiger partial charge in [0.2, 0.25) is 5.91 Å². The second-order valence-electron chi connectivity index (χ2n) is 8.41. The number of nitrogens with zero attached hydrogens (tertiary/aromatic N) is 3. The Balaban J connectivity index is 1.50. The number of carbonyl (C=O) groups is 4. The Morgan fingerprint density at radius 3 is 2.27 bits per heavy atom. The van der Waals surface area contributed by atoms with Gasteiger partial charge in [-0.05, 0) is 37.5 Å². The molecule has 0 unspecified atom stereocenters. The third kappa shape index (κ3) is 3.73. The van der Waals surface area contributed by atoms with Gasteiger partial charge in [-0.1, -0.05) is 26.2 Å². The lowest BCUT2D eigenvalue weighted by Crippen LogP contribution is -2.40. The molecule has 0 aromatic heterocycles. The fraction of sp³-hybridized carbons (Fsp3) is 0.565. The van der Waals surface area contributed by atoms with Gasteiger partial charge in [-0.15, -0.1) is 0 Å². The molecule has 1 saturated heterocycles. The van der Waals surface area contributed by atoms with E-state index in [0.29, 0.717) is 49.3 Å². The monoisotopic (exact) mass is 411 g/mol. The first-order chi connectivity index (χ1) is 14.5. The van der Waals surface area contributed by atoms with E-state index in [9.17, 15) is 19.2 Å². The Bertz CT molecular complexity index is 875. The Labute approximate surface area is 177 Å². The highest BCUT2D eigenvalue weighted by Gasteiger charge is 2.40. The molecule has 2 fully saturated rings. The molecule has 0 radical (unpaired) electrons. The average Bonchev–Trinajstić information content (AvgIpc) is 2.94. The lowest BCUT2D eigenvalue weighted by molar-refractivity contribution is -0.130. The van der Waals surface area contributed by atoms with E-state index < -0.39 is 0 Å². The Hall–Kier alpha value is -2.70. The van der Waals surface area contributed by atoms with Crippen LogP contribution in [0.1, 0.15) is 82.9 Å². The summed E-state index contributed by atoms with van der Waals surface area (Å²) < 4.78 is 0. The van der Waals surface area contributed by atoms with E-state index in [-0.39, 0.29) is 29.7 Å². The van der Waals surface area contributed by atoms with Crippen molar-refractivity contribution in [2.45, 2.75) is 57.9 Å². The van der Waals surface area contributed by atoms with Gasteiger partial charge in [0.1, 0.15) is 0 Å². The standard InChI is InChI=1S/C23H29N3O4/c1-2-20(27)24-11-6-12-25(14-13-24)21(28)16-9-10-18-19(15-16)23(30)26(22(18)29)17-7-4-3-5-8-17/h9-10,15,17H,2-8,11-14H2,1H3. The van der Waals surface area contributed by atoms with Crippen LogP contribution in [0.15, 0.2) is 18.2 Å². The van der Waals surface area contributed by atoms with Crippen molar-refractivity contribution in [3.05, 3.63) is 34.9 Å². The molecule has 0 spiro atoms. The maximum atomic E-state index is 13.1. The fourth-order valence-corrected chi connectivity index (χ4v) is 4.84. The largest absolute Gasteiger partial charge is 0.341 e. The highest BCUT2D eigenvalue weighted by atomic mass is 16.2. The number of benzene rings is 1. The van der Waals surface area contributed by atoms with Crippen molar-refractivity contribution in [2.75, 3.05) is 26.2 Å². The van der Waals surface area contributed by atoms with Crippen LogP contribution in [-0.2, 0) is 4.79 Å². The van der Waals surface area contributed by atoms with E-state index in [2.05, 4.69) is 0 Å². The van der Waals surface area contributed by atoms with Crippen molar-refractivity contribution < 1.29 is 19.2 Å². The highest BCUT2D eigenvalue weighted by molar-refractivity contribution is 6.22. The number of carbonyl (C=O) groups excluding carboxylic acids is 4. The minimum Gasteiger partial charge on any atom is -0.341 e. The molecule has 7 heteroatoms. The second-order valence-corrected chi connectivity index (χ2v) is 8.41. The molecule has 2 aliphatic heterocycles. The van der Waals surface area contributed by atoms with Crippen LogP contribution >= 0.6 is 0 Å². The van der Waals surface area contributed by atoms with Gasteiger partial charge in [0.25, 0.3) is 17.7 Å². The molecule has 1 aromatic carbocycles. The summed E-state index contributed by atoms with van der Waals surface area (Å²) in [5.74, 6) is -0.551. The van der Waals surface area contributed by atoms with Crippen LogP contribution in [0.3, 0.4) is 0 Å². The summed E-state index contributed by atoms with van der Waals surface area (Å²) in [5.41, 5.74) is 1.17. The minimum atomic E-state index is -0.271. The van der Waals surface area contributed by atoms with Crippen LogP contribution in [0.25, 0.3) is 0 Å². The second kappa shape index (κ2) is 8.58. The van der Waals surface area contributed by atoms with Gasteiger partial charge in [0, 0.05) is 44.2 Å². The van der Waals surface area contributed by atoms with Crippen molar-refractivity contribution in [3.63, 3.8) is 0 Å². The summed E-state index contributed by atoms with van der Waals surface area (Å²) in [7, 11) is 0. The predicted octanol–water partition coefficient (Wildman–Crippen LogP) is 2.70. The number of hydrogen-bond donors (Lipinski definition) is 0. The van der Waals surface area contributed by atoms with Gasteiger partial charge >= 0.3 is 0 Å². The van der Waals surface area contributed by atoms with Gasteiger partial charge < -0.3 is 9.80 Å². The number of imide groups is 1. The van der Waals surface area contributed by atoms with Crippen LogP contribution in [0.2, 0.25) is 0 Å². The Kier molecular flexibility index (Phi) is 5.88. The lowest BCUT2D eigenvalue weighted by Gasteiger charge is -2.29. The first kappa shape index (κ1) is 20.6. The maximum absolute atomic E-state index is 13.1. The first-order valence-corrected chi connectivity index (χ1v) is 11.1. The molecular formula is C23H29N3O4. The van der Waals surface area contributed by atoms with E-state index in [0.717, 1.165) is 38.5 Å². The van der Waals surface area contributed by atoms with Crippen molar-refractivity contribution >= 4 is 23.6 Å². The number of rotatable bonds is 3. The van der Waals surface area contributed by atoms with E-state index in [1.807, 2.05) is 6.92 Å². The molecule has 1 aliphatic carbocycles. The molecule has 1 saturated carbocycles. The molecule has 3 aliphatic rings. The number of hydrogen-bond acceptors (Lipinski definition) is 4. The number of amides is 4. The molecule has 4 amide bonds. The Morgan fingerprint density at radius 2 is 1.53 bits per heavy atom. The van der Waals surface area contributed by atoms with Crippen LogP contribution < -0.4 is 0 Å². The van der Waals surface area contributed by atoms with Gasteiger partial charge in [0.15, 0.2) is 0 Å². The first-order valence-electron chi connectivity index (χ1n) is 11.1. The van der Waals surface area contributed by atoms with E-state index >= 15 is 0 Å². The van der Waals surface area contributed by atoms with Gasteiger partial charge in [-0.2, -0.15) is 0 Å².